The topological polar surface area (TPSA) is 78.9 Å². The summed E-state index contributed by atoms with van der Waals surface area (Å²) in [5, 5.41) is 0. The molecule has 0 saturated heterocycles. The molecule has 0 aliphatic rings. The fraction of sp³-hybridized carbons (Fsp3) is 0.716. The molecule has 0 rings (SSSR count). The Morgan fingerprint density at radius 2 is 0.512 bits per heavy atom. The molecule has 0 heterocycles. The summed E-state index contributed by atoms with van der Waals surface area (Å²) in [6.45, 7) is 6.48. The average Bonchev–Trinajstić information content (AvgIpc) is 3.46. The van der Waals surface area contributed by atoms with Crippen molar-refractivity contribution in [1.82, 2.24) is 0 Å². The second-order valence-electron chi connectivity index (χ2n) is 22.4. The molecule has 0 N–H and O–H groups in total. The zero-order valence-electron chi connectivity index (χ0n) is 52.6. The molecule has 1 atom stereocenters. The lowest BCUT2D eigenvalue weighted by Crippen LogP contribution is -2.30. The summed E-state index contributed by atoms with van der Waals surface area (Å²) < 4.78 is 16.9. The molecule has 0 spiro atoms. The van der Waals surface area contributed by atoms with Gasteiger partial charge in [-0.05, 0) is 103 Å². The van der Waals surface area contributed by atoms with Crippen LogP contribution in [0.4, 0.5) is 0 Å². The van der Waals surface area contributed by atoms with E-state index in [0.29, 0.717) is 19.3 Å². The van der Waals surface area contributed by atoms with Crippen molar-refractivity contribution in [3.05, 3.63) is 109 Å². The van der Waals surface area contributed by atoms with Crippen LogP contribution in [-0.2, 0) is 28.6 Å². The van der Waals surface area contributed by atoms with Gasteiger partial charge >= 0.3 is 17.9 Å². The van der Waals surface area contributed by atoms with Crippen LogP contribution in [0.25, 0.3) is 0 Å². The van der Waals surface area contributed by atoms with E-state index in [1.165, 1.54) is 161 Å². The van der Waals surface area contributed by atoms with Crippen LogP contribution in [0.3, 0.4) is 0 Å². The Morgan fingerprint density at radius 3 is 0.825 bits per heavy atom. The van der Waals surface area contributed by atoms with Gasteiger partial charge in [0.05, 0.1) is 0 Å². The highest BCUT2D eigenvalue weighted by Crippen LogP contribution is 2.17. The van der Waals surface area contributed by atoms with Crippen LogP contribution in [-0.4, -0.2) is 37.2 Å². The van der Waals surface area contributed by atoms with Crippen LogP contribution in [0.2, 0.25) is 0 Å². The smallest absolute Gasteiger partial charge is 0.306 e. The number of unbranched alkanes of at least 4 members (excludes halogenated alkanes) is 32. The van der Waals surface area contributed by atoms with Crippen molar-refractivity contribution >= 4 is 17.9 Å². The number of carbonyl (C=O) groups excluding carboxylic acids is 3. The van der Waals surface area contributed by atoms with Crippen LogP contribution in [0, 0.1) is 0 Å². The van der Waals surface area contributed by atoms with E-state index in [1.807, 2.05) is 0 Å². The molecule has 80 heavy (non-hydrogen) atoms. The summed E-state index contributed by atoms with van der Waals surface area (Å²) in [6.07, 6.45) is 92.6. The number of hydrogen-bond donors (Lipinski definition) is 0. The molecule has 0 radical (unpaired) electrons. The van der Waals surface area contributed by atoms with Gasteiger partial charge in [-0.1, -0.05) is 310 Å². The number of carbonyl (C=O) groups is 3. The SMILES string of the molecule is CC/C=C\C/C=C\C/C=C\C/C=C\C/C=C\C/C=C\C/C=C\C/C=C\CCCCCCCCCCCCC(=O)OCC(COC(=O)CCCCCCC/C=C\CCC)OC(=O)CCCCCCCCCCCCCCCCCCC. The molecule has 6 nitrogen and oxygen atoms in total. The molecule has 0 fully saturated rings. The fourth-order valence-corrected chi connectivity index (χ4v) is 9.46. The molecule has 0 aromatic heterocycles. The maximum absolute atomic E-state index is 12.9. The first-order valence-electron chi connectivity index (χ1n) is 33.9. The van der Waals surface area contributed by atoms with Crippen LogP contribution >= 0.6 is 0 Å². The largest absolute Gasteiger partial charge is 0.462 e. The monoisotopic (exact) mass is 1110 g/mol. The molecular formula is C74H126O6. The summed E-state index contributed by atoms with van der Waals surface area (Å²) >= 11 is 0. The van der Waals surface area contributed by atoms with Gasteiger partial charge in [0, 0.05) is 19.3 Å². The number of allylic oxidation sites excluding steroid dienone is 18. The molecule has 1 unspecified atom stereocenters. The quantitative estimate of drug-likeness (QED) is 0.0261. The van der Waals surface area contributed by atoms with Gasteiger partial charge in [-0.3, -0.25) is 14.4 Å². The van der Waals surface area contributed by atoms with Gasteiger partial charge in [0.1, 0.15) is 13.2 Å². The molecule has 458 valence electrons. The minimum Gasteiger partial charge on any atom is -0.462 e. The molecule has 0 amide bonds. The van der Waals surface area contributed by atoms with Crippen molar-refractivity contribution in [2.24, 2.45) is 0 Å². The Labute approximate surface area is 495 Å². The minimum absolute atomic E-state index is 0.0798. The van der Waals surface area contributed by atoms with E-state index < -0.39 is 6.10 Å². The van der Waals surface area contributed by atoms with E-state index in [1.54, 1.807) is 0 Å². The van der Waals surface area contributed by atoms with Crippen molar-refractivity contribution < 1.29 is 28.6 Å². The highest BCUT2D eigenvalue weighted by atomic mass is 16.6. The predicted octanol–water partition coefficient (Wildman–Crippen LogP) is 23.4. The average molecular weight is 1110 g/mol. The van der Waals surface area contributed by atoms with Gasteiger partial charge in [-0.25, -0.2) is 0 Å². The van der Waals surface area contributed by atoms with E-state index >= 15 is 0 Å². The van der Waals surface area contributed by atoms with Gasteiger partial charge in [-0.15, -0.1) is 0 Å². The van der Waals surface area contributed by atoms with E-state index in [2.05, 4.69) is 130 Å². The molecular weight excluding hydrogens is 985 g/mol. The Balaban J connectivity index is 4.16. The maximum atomic E-state index is 12.9. The number of ether oxygens (including phenoxy) is 3. The van der Waals surface area contributed by atoms with E-state index in [9.17, 15) is 14.4 Å². The lowest BCUT2D eigenvalue weighted by Gasteiger charge is -2.18. The van der Waals surface area contributed by atoms with Crippen molar-refractivity contribution in [1.29, 1.82) is 0 Å². The molecule has 0 bridgehead atoms. The first kappa shape index (κ1) is 76.1. The third-order valence-corrected chi connectivity index (χ3v) is 14.5. The van der Waals surface area contributed by atoms with Crippen LogP contribution < -0.4 is 0 Å². The Bertz CT molecular complexity index is 1610. The van der Waals surface area contributed by atoms with Crippen LogP contribution in [0.15, 0.2) is 109 Å². The summed E-state index contributed by atoms with van der Waals surface area (Å²) in [5.41, 5.74) is 0. The zero-order chi connectivity index (χ0) is 57.8. The molecule has 0 aromatic rings. The summed E-state index contributed by atoms with van der Waals surface area (Å²) in [5.74, 6) is -0.883. The molecule has 0 saturated carbocycles. The Morgan fingerprint density at radius 1 is 0.263 bits per heavy atom. The standard InChI is InChI=1S/C74H126O6/c1-4-7-10-13-16-19-22-24-26-28-29-30-31-32-33-34-35-36-37-38-39-40-41-42-43-44-45-47-48-50-52-55-58-61-64-67-73(76)79-70-71(69-78-72(75)66-63-60-57-54-21-18-15-12-9-6-3)80-74(77)68-65-62-59-56-53-51-49-46-27-25-23-20-17-14-11-8-5-2/h7,10,12,15-16,19,24,26,29-30,32-33,35-36,38-39,41-42,71H,4-6,8-9,11,13-14,17-18,20-23,25,27-28,31,34,37,40,43-70H2,1-3H3/b10-7-,15-12-,19-16-,26-24-,30-29-,33-32-,36-35-,39-38-,42-41-. The van der Waals surface area contributed by atoms with E-state index in [-0.39, 0.29) is 31.1 Å². The predicted molar refractivity (Wildman–Crippen MR) is 348 cm³/mol. The first-order chi connectivity index (χ1) is 39.5. The normalized spacial score (nSPS) is 12.8. The third-order valence-electron chi connectivity index (χ3n) is 14.5. The second kappa shape index (κ2) is 67.6. The minimum atomic E-state index is -0.781. The van der Waals surface area contributed by atoms with Crippen LogP contribution in [0.1, 0.15) is 323 Å². The van der Waals surface area contributed by atoms with Crippen molar-refractivity contribution in [2.45, 2.75) is 329 Å². The zero-order valence-corrected chi connectivity index (χ0v) is 52.6. The van der Waals surface area contributed by atoms with Gasteiger partial charge < -0.3 is 14.2 Å². The summed E-state index contributed by atoms with van der Waals surface area (Å²) in [7, 11) is 0. The third kappa shape index (κ3) is 64.9. The van der Waals surface area contributed by atoms with Crippen molar-refractivity contribution in [3.63, 3.8) is 0 Å². The number of rotatable bonds is 61. The first-order valence-corrected chi connectivity index (χ1v) is 33.9. The molecule has 0 aliphatic heterocycles. The van der Waals surface area contributed by atoms with Crippen LogP contribution in [0.5, 0.6) is 0 Å². The van der Waals surface area contributed by atoms with Crippen molar-refractivity contribution in [3.8, 4) is 0 Å². The highest BCUT2D eigenvalue weighted by Gasteiger charge is 2.19. The number of hydrogen-bond acceptors (Lipinski definition) is 6. The van der Waals surface area contributed by atoms with Gasteiger partial charge in [-0.2, -0.15) is 0 Å². The molecule has 0 aromatic carbocycles. The Hall–Kier alpha value is -3.93. The fourth-order valence-electron chi connectivity index (χ4n) is 9.46. The van der Waals surface area contributed by atoms with Gasteiger partial charge in [0.15, 0.2) is 6.10 Å². The lowest BCUT2D eigenvalue weighted by molar-refractivity contribution is -0.167. The van der Waals surface area contributed by atoms with E-state index in [4.69, 9.17) is 14.2 Å². The summed E-state index contributed by atoms with van der Waals surface area (Å²) in [6, 6.07) is 0. The van der Waals surface area contributed by atoms with Gasteiger partial charge in [0.2, 0.25) is 0 Å². The van der Waals surface area contributed by atoms with E-state index in [0.717, 1.165) is 122 Å². The molecule has 0 aliphatic carbocycles. The molecule has 6 heteroatoms. The van der Waals surface area contributed by atoms with Gasteiger partial charge in [0.25, 0.3) is 0 Å². The summed E-state index contributed by atoms with van der Waals surface area (Å²) in [4.78, 5) is 38.2. The maximum Gasteiger partial charge on any atom is 0.306 e. The highest BCUT2D eigenvalue weighted by molar-refractivity contribution is 5.71. The number of esters is 3. The Kier molecular flexibility index (Phi) is 64.3. The lowest BCUT2D eigenvalue weighted by atomic mass is 10.0. The second-order valence-corrected chi connectivity index (χ2v) is 22.4. The van der Waals surface area contributed by atoms with Crippen molar-refractivity contribution in [2.75, 3.05) is 13.2 Å².